The summed E-state index contributed by atoms with van der Waals surface area (Å²) in [7, 11) is 0. The molecule has 0 saturated carbocycles. The van der Waals surface area contributed by atoms with Crippen molar-refractivity contribution in [2.24, 2.45) is 0 Å². The van der Waals surface area contributed by atoms with E-state index < -0.39 is 5.91 Å². The quantitative estimate of drug-likeness (QED) is 0.575. The number of hydrogen-bond acceptors (Lipinski definition) is 3. The van der Waals surface area contributed by atoms with E-state index in [0.29, 0.717) is 6.61 Å². The van der Waals surface area contributed by atoms with Crippen molar-refractivity contribution in [1.82, 2.24) is 5.32 Å². The van der Waals surface area contributed by atoms with Crippen molar-refractivity contribution in [2.45, 2.75) is 39.6 Å². The average Bonchev–Trinajstić information content (AvgIpc) is 1.59. The lowest BCUT2D eigenvalue weighted by atomic mass is 10.3. The summed E-state index contributed by atoms with van der Waals surface area (Å²) in [6.07, 6.45) is 0. The Labute approximate surface area is 62.4 Å². The van der Waals surface area contributed by atoms with Crippen LogP contribution in [0.3, 0.4) is 0 Å². The maximum Gasteiger partial charge on any atom is 0.222 e. The first-order chi connectivity index (χ1) is 4.48. The molecule has 0 aromatic rings. The molecule has 2 N–H and O–H groups in total. The Kier molecular flexibility index (Phi) is 3.86. The topological polar surface area (TPSA) is 41.5 Å². The van der Waals surface area contributed by atoms with Crippen LogP contribution in [0.4, 0.5) is 0 Å². The smallest absolute Gasteiger partial charge is 0.222 e. The highest BCUT2D eigenvalue weighted by Gasteiger charge is 2.19. The lowest BCUT2D eigenvalue weighted by molar-refractivity contribution is -0.212. The molecule has 10 heavy (non-hydrogen) atoms. The molecule has 0 aromatic heterocycles. The molecule has 0 rings (SSSR count). The molecule has 0 bridgehead atoms. The van der Waals surface area contributed by atoms with Crippen molar-refractivity contribution in [3.05, 3.63) is 0 Å². The highest BCUT2D eigenvalue weighted by atomic mass is 16.6. The van der Waals surface area contributed by atoms with E-state index in [1.807, 2.05) is 20.8 Å². The SMILES string of the molecule is CCOC(C)(O)NC(C)C. The van der Waals surface area contributed by atoms with Crippen LogP contribution in [0.25, 0.3) is 0 Å². The summed E-state index contributed by atoms with van der Waals surface area (Å²) in [6, 6.07) is 0.224. The fourth-order valence-electron chi connectivity index (χ4n) is 0.858. The summed E-state index contributed by atoms with van der Waals surface area (Å²) >= 11 is 0. The number of nitrogens with one attached hydrogen (secondary N) is 1. The lowest BCUT2D eigenvalue weighted by Crippen LogP contribution is -2.48. The van der Waals surface area contributed by atoms with Gasteiger partial charge in [-0.3, -0.25) is 5.32 Å². The minimum atomic E-state index is -1.18. The van der Waals surface area contributed by atoms with Crippen LogP contribution < -0.4 is 5.32 Å². The van der Waals surface area contributed by atoms with E-state index in [1.54, 1.807) is 6.92 Å². The van der Waals surface area contributed by atoms with Crippen molar-refractivity contribution in [3.63, 3.8) is 0 Å². The van der Waals surface area contributed by atoms with Gasteiger partial charge >= 0.3 is 0 Å². The Balaban J connectivity index is 3.63. The predicted octanol–water partition coefficient (Wildman–Crippen LogP) is 0.687. The lowest BCUT2D eigenvalue weighted by Gasteiger charge is -2.26. The second kappa shape index (κ2) is 3.91. The fourth-order valence-corrected chi connectivity index (χ4v) is 0.858. The molecule has 0 aliphatic heterocycles. The monoisotopic (exact) mass is 147 g/mol. The minimum absolute atomic E-state index is 0.224. The van der Waals surface area contributed by atoms with E-state index in [0.717, 1.165) is 0 Å². The third-order valence-corrected chi connectivity index (χ3v) is 0.982. The van der Waals surface area contributed by atoms with Gasteiger partial charge in [-0.25, -0.2) is 0 Å². The molecule has 1 unspecified atom stereocenters. The Morgan fingerprint density at radius 1 is 1.60 bits per heavy atom. The van der Waals surface area contributed by atoms with Crippen LogP contribution >= 0.6 is 0 Å². The van der Waals surface area contributed by atoms with Gasteiger partial charge in [0.15, 0.2) is 0 Å². The second-order valence-electron chi connectivity index (χ2n) is 2.71. The maximum absolute atomic E-state index is 9.35. The van der Waals surface area contributed by atoms with Crippen LogP contribution in [0.5, 0.6) is 0 Å². The molecule has 0 fully saturated rings. The van der Waals surface area contributed by atoms with Crippen molar-refractivity contribution < 1.29 is 9.84 Å². The second-order valence-corrected chi connectivity index (χ2v) is 2.71. The molecular formula is C7H17NO2. The van der Waals surface area contributed by atoms with E-state index in [2.05, 4.69) is 5.32 Å². The number of ether oxygens (including phenoxy) is 1. The molecule has 0 heterocycles. The van der Waals surface area contributed by atoms with E-state index in [4.69, 9.17) is 4.74 Å². The summed E-state index contributed by atoms with van der Waals surface area (Å²) in [6.45, 7) is 7.85. The summed E-state index contributed by atoms with van der Waals surface area (Å²) < 4.78 is 4.98. The van der Waals surface area contributed by atoms with Crippen molar-refractivity contribution in [3.8, 4) is 0 Å². The first-order valence-electron chi connectivity index (χ1n) is 3.62. The molecule has 0 aliphatic carbocycles. The van der Waals surface area contributed by atoms with Crippen LogP contribution in [0.15, 0.2) is 0 Å². The number of hydrogen-bond donors (Lipinski definition) is 2. The van der Waals surface area contributed by atoms with Gasteiger partial charge in [0.1, 0.15) is 0 Å². The highest BCUT2D eigenvalue weighted by Crippen LogP contribution is 2.01. The zero-order valence-electron chi connectivity index (χ0n) is 7.14. The van der Waals surface area contributed by atoms with Gasteiger partial charge in [0, 0.05) is 19.6 Å². The minimum Gasteiger partial charge on any atom is -0.353 e. The largest absolute Gasteiger partial charge is 0.353 e. The molecule has 62 valence electrons. The fraction of sp³-hybridized carbons (Fsp3) is 1.00. The van der Waals surface area contributed by atoms with Gasteiger partial charge in [-0.1, -0.05) is 0 Å². The summed E-state index contributed by atoms with van der Waals surface area (Å²) in [4.78, 5) is 0. The van der Waals surface area contributed by atoms with Crippen molar-refractivity contribution in [1.29, 1.82) is 0 Å². The van der Waals surface area contributed by atoms with Crippen LogP contribution in [0.2, 0.25) is 0 Å². The first kappa shape index (κ1) is 9.88. The third-order valence-electron chi connectivity index (χ3n) is 0.982. The number of aliphatic hydroxyl groups is 1. The molecule has 3 nitrogen and oxygen atoms in total. The zero-order chi connectivity index (χ0) is 8.20. The van der Waals surface area contributed by atoms with Gasteiger partial charge in [-0.05, 0) is 20.8 Å². The standard InChI is InChI=1S/C7H17NO2/c1-5-10-7(4,9)8-6(2)3/h6,8-9H,5H2,1-4H3. The Hall–Kier alpha value is -0.120. The average molecular weight is 147 g/mol. The maximum atomic E-state index is 9.35. The van der Waals surface area contributed by atoms with Crippen LogP contribution in [-0.4, -0.2) is 23.7 Å². The predicted molar refractivity (Wildman–Crippen MR) is 40.5 cm³/mol. The molecular weight excluding hydrogens is 130 g/mol. The third kappa shape index (κ3) is 4.73. The zero-order valence-corrected chi connectivity index (χ0v) is 7.14. The van der Waals surface area contributed by atoms with Gasteiger partial charge in [-0.2, -0.15) is 0 Å². The van der Waals surface area contributed by atoms with E-state index in [-0.39, 0.29) is 6.04 Å². The van der Waals surface area contributed by atoms with Gasteiger partial charge in [0.05, 0.1) is 0 Å². The summed E-state index contributed by atoms with van der Waals surface area (Å²) in [5.74, 6) is -1.18. The molecule has 0 amide bonds. The van der Waals surface area contributed by atoms with E-state index >= 15 is 0 Å². The van der Waals surface area contributed by atoms with Gasteiger partial charge in [0.2, 0.25) is 5.91 Å². The van der Waals surface area contributed by atoms with Gasteiger partial charge in [0.25, 0.3) is 0 Å². The molecule has 0 radical (unpaired) electrons. The molecule has 1 atom stereocenters. The normalized spacial score (nSPS) is 17.4. The van der Waals surface area contributed by atoms with Crippen molar-refractivity contribution >= 4 is 0 Å². The molecule has 0 aliphatic rings. The van der Waals surface area contributed by atoms with Crippen LogP contribution in [0, 0.1) is 0 Å². The van der Waals surface area contributed by atoms with Gasteiger partial charge < -0.3 is 9.84 Å². The summed E-state index contributed by atoms with van der Waals surface area (Å²) in [5.41, 5.74) is 0. The molecule has 0 spiro atoms. The highest BCUT2D eigenvalue weighted by molar-refractivity contribution is 4.60. The Morgan fingerprint density at radius 3 is 2.40 bits per heavy atom. The van der Waals surface area contributed by atoms with Crippen molar-refractivity contribution in [2.75, 3.05) is 6.61 Å². The Bertz CT molecular complexity index is 91.6. The number of rotatable bonds is 4. The summed E-state index contributed by atoms with van der Waals surface area (Å²) in [5, 5.41) is 12.2. The van der Waals surface area contributed by atoms with Crippen LogP contribution in [-0.2, 0) is 4.74 Å². The molecule has 3 heteroatoms. The first-order valence-corrected chi connectivity index (χ1v) is 3.62. The Morgan fingerprint density at radius 2 is 2.10 bits per heavy atom. The van der Waals surface area contributed by atoms with E-state index in [1.165, 1.54) is 0 Å². The van der Waals surface area contributed by atoms with E-state index in [9.17, 15) is 5.11 Å². The molecule has 0 aromatic carbocycles. The van der Waals surface area contributed by atoms with Crippen LogP contribution in [0.1, 0.15) is 27.7 Å². The van der Waals surface area contributed by atoms with Gasteiger partial charge in [-0.15, -0.1) is 0 Å². The molecule has 0 saturated heterocycles.